The maximum absolute atomic E-state index is 11.1. The summed E-state index contributed by atoms with van der Waals surface area (Å²) in [5.74, 6) is 0. The minimum Gasteiger partial charge on any atom is -0.414 e. The molecule has 1 aliphatic rings. The van der Waals surface area contributed by atoms with Crippen LogP contribution in [0.3, 0.4) is 0 Å². The van der Waals surface area contributed by atoms with E-state index in [0.29, 0.717) is 5.58 Å². The predicted molar refractivity (Wildman–Crippen MR) is 64.7 cm³/mol. The van der Waals surface area contributed by atoms with E-state index in [1.807, 2.05) is 18.2 Å². The lowest BCUT2D eigenvalue weighted by Crippen LogP contribution is -2.32. The molecular weight excluding hydrogens is 222 g/mol. The lowest BCUT2D eigenvalue weighted by molar-refractivity contribution is 0.462. The van der Waals surface area contributed by atoms with Crippen molar-refractivity contribution >= 4 is 21.6 Å². The van der Waals surface area contributed by atoms with Gasteiger partial charge in [-0.05, 0) is 30.5 Å². The molecule has 1 aliphatic carbocycles. The molecule has 84 valence electrons. The number of hydrogen-bond acceptors (Lipinski definition) is 4. The third-order valence-corrected chi connectivity index (χ3v) is 4.19. The average molecular weight is 235 g/mol. The molecule has 1 aromatic heterocycles. The molecule has 0 atom stereocenters. The van der Waals surface area contributed by atoms with Gasteiger partial charge in [-0.25, -0.2) is 4.79 Å². The summed E-state index contributed by atoms with van der Waals surface area (Å²) in [5, 5.41) is 0. The Labute approximate surface area is 96.9 Å². The maximum atomic E-state index is 11.1. The quantitative estimate of drug-likeness (QED) is 0.826. The molecule has 1 aromatic carbocycles. The normalized spacial score (nSPS) is 19.3. The summed E-state index contributed by atoms with van der Waals surface area (Å²) >= 11 is 1.15. The summed E-state index contributed by atoms with van der Waals surface area (Å²) in [6.45, 7) is 0. The molecule has 0 saturated heterocycles. The fraction of sp³-hybridized carbons (Fsp3) is 0.417. The van der Waals surface area contributed by atoms with Gasteiger partial charge in [-0.15, -0.1) is 0 Å². The van der Waals surface area contributed by atoms with Gasteiger partial charge in [0.1, 0.15) is 5.58 Å². The molecule has 0 radical (unpaired) electrons. The molecule has 3 nitrogen and oxygen atoms in total. The highest BCUT2D eigenvalue weighted by Crippen LogP contribution is 2.37. The first-order chi connectivity index (χ1) is 7.67. The minimum atomic E-state index is -0.246. The van der Waals surface area contributed by atoms with Gasteiger partial charge in [0, 0.05) is 5.54 Å². The molecule has 2 N–H and O–H groups in total. The maximum Gasteiger partial charge on any atom is 0.396 e. The summed E-state index contributed by atoms with van der Waals surface area (Å²) in [5.41, 5.74) is 7.98. The van der Waals surface area contributed by atoms with Gasteiger partial charge < -0.3 is 10.2 Å². The molecule has 0 bridgehead atoms. The van der Waals surface area contributed by atoms with E-state index in [-0.39, 0.29) is 10.5 Å². The Morgan fingerprint density at radius 3 is 2.81 bits per heavy atom. The van der Waals surface area contributed by atoms with Crippen LogP contribution in [-0.2, 0) is 5.54 Å². The lowest BCUT2D eigenvalue weighted by Gasteiger charge is -2.23. The molecule has 16 heavy (non-hydrogen) atoms. The van der Waals surface area contributed by atoms with Crippen LogP contribution in [0.2, 0.25) is 0 Å². The van der Waals surface area contributed by atoms with E-state index in [1.165, 1.54) is 12.8 Å². The van der Waals surface area contributed by atoms with Crippen molar-refractivity contribution in [3.63, 3.8) is 0 Å². The van der Waals surface area contributed by atoms with Crippen molar-refractivity contribution in [2.45, 2.75) is 31.2 Å². The Morgan fingerprint density at radius 1 is 1.31 bits per heavy atom. The molecule has 1 fully saturated rings. The third-order valence-electron chi connectivity index (χ3n) is 3.40. The highest BCUT2D eigenvalue weighted by Gasteiger charge is 2.31. The molecule has 0 aliphatic heterocycles. The molecule has 4 heteroatoms. The van der Waals surface area contributed by atoms with Gasteiger partial charge in [0.2, 0.25) is 0 Å². The average Bonchev–Trinajstić information content (AvgIpc) is 2.82. The Hall–Kier alpha value is -1.13. The number of nitrogens with two attached hydrogens (primary N) is 1. The molecular formula is C12H13NO2S. The standard InChI is InChI=1S/C12H13NO2S/c13-12(5-1-2-6-12)8-3-4-9-10(7-8)16-11(14)15-9/h3-4,7H,1-2,5-6,13H2. The first kappa shape index (κ1) is 10.1. The van der Waals surface area contributed by atoms with E-state index in [0.717, 1.165) is 34.4 Å². The Kier molecular flexibility index (Phi) is 2.16. The Bertz CT molecular complexity index is 578. The third kappa shape index (κ3) is 1.49. The minimum absolute atomic E-state index is 0.193. The summed E-state index contributed by atoms with van der Waals surface area (Å²) in [4.78, 5) is 10.9. The lowest BCUT2D eigenvalue weighted by atomic mass is 9.89. The fourth-order valence-electron chi connectivity index (χ4n) is 2.48. The van der Waals surface area contributed by atoms with Gasteiger partial charge in [0.15, 0.2) is 0 Å². The summed E-state index contributed by atoms with van der Waals surface area (Å²) in [6.07, 6.45) is 4.45. The monoisotopic (exact) mass is 235 g/mol. The van der Waals surface area contributed by atoms with Crippen molar-refractivity contribution < 1.29 is 4.42 Å². The molecule has 3 rings (SSSR count). The Balaban J connectivity index is 2.14. The second kappa shape index (κ2) is 3.43. The van der Waals surface area contributed by atoms with Crippen molar-refractivity contribution in [3.8, 4) is 0 Å². The van der Waals surface area contributed by atoms with E-state index in [4.69, 9.17) is 10.2 Å². The molecule has 2 aromatic rings. The van der Waals surface area contributed by atoms with E-state index >= 15 is 0 Å². The SMILES string of the molecule is NC1(c2ccc3oc(=O)sc3c2)CCCC1. The summed E-state index contributed by atoms with van der Waals surface area (Å²) in [6, 6.07) is 5.86. The topological polar surface area (TPSA) is 56.2 Å². The van der Waals surface area contributed by atoms with Crippen LogP contribution in [-0.4, -0.2) is 0 Å². The first-order valence-corrected chi connectivity index (χ1v) is 6.32. The molecule has 0 spiro atoms. The smallest absolute Gasteiger partial charge is 0.396 e. The van der Waals surface area contributed by atoms with Crippen LogP contribution in [0.25, 0.3) is 10.3 Å². The van der Waals surface area contributed by atoms with Gasteiger partial charge in [-0.3, -0.25) is 0 Å². The van der Waals surface area contributed by atoms with Crippen molar-refractivity contribution in [1.29, 1.82) is 0 Å². The van der Waals surface area contributed by atoms with Gasteiger partial charge in [0.25, 0.3) is 0 Å². The van der Waals surface area contributed by atoms with Crippen LogP contribution in [0.5, 0.6) is 0 Å². The van der Waals surface area contributed by atoms with Crippen LogP contribution in [0.4, 0.5) is 0 Å². The van der Waals surface area contributed by atoms with E-state index in [9.17, 15) is 4.79 Å². The van der Waals surface area contributed by atoms with E-state index in [2.05, 4.69) is 0 Å². The van der Waals surface area contributed by atoms with Crippen molar-refractivity contribution in [1.82, 2.24) is 0 Å². The van der Waals surface area contributed by atoms with Gasteiger partial charge in [0.05, 0.1) is 4.70 Å². The van der Waals surface area contributed by atoms with E-state index < -0.39 is 0 Å². The summed E-state index contributed by atoms with van der Waals surface area (Å²) < 4.78 is 5.94. The highest BCUT2D eigenvalue weighted by atomic mass is 32.1. The molecule has 0 unspecified atom stereocenters. The molecule has 1 heterocycles. The van der Waals surface area contributed by atoms with Gasteiger partial charge >= 0.3 is 4.94 Å². The first-order valence-electron chi connectivity index (χ1n) is 5.50. The van der Waals surface area contributed by atoms with Gasteiger partial charge in [-0.2, -0.15) is 0 Å². The number of fused-ring (bicyclic) bond motifs is 1. The fourth-order valence-corrected chi connectivity index (χ4v) is 3.18. The second-order valence-electron chi connectivity index (χ2n) is 4.48. The summed E-state index contributed by atoms with van der Waals surface area (Å²) in [7, 11) is 0. The number of rotatable bonds is 1. The van der Waals surface area contributed by atoms with Crippen LogP contribution in [0.1, 0.15) is 31.2 Å². The van der Waals surface area contributed by atoms with E-state index in [1.54, 1.807) is 0 Å². The highest BCUT2D eigenvalue weighted by molar-refractivity contribution is 7.16. The van der Waals surface area contributed by atoms with Crippen LogP contribution >= 0.6 is 11.3 Å². The Morgan fingerprint density at radius 2 is 2.06 bits per heavy atom. The second-order valence-corrected chi connectivity index (χ2v) is 5.46. The zero-order valence-corrected chi connectivity index (χ0v) is 9.68. The number of benzene rings is 1. The van der Waals surface area contributed by atoms with Crippen LogP contribution < -0.4 is 10.7 Å². The van der Waals surface area contributed by atoms with Crippen LogP contribution in [0.15, 0.2) is 27.4 Å². The zero-order chi connectivity index (χ0) is 11.2. The number of hydrogen-bond donors (Lipinski definition) is 1. The zero-order valence-electron chi connectivity index (χ0n) is 8.86. The molecule has 0 amide bonds. The van der Waals surface area contributed by atoms with Crippen molar-refractivity contribution in [2.75, 3.05) is 0 Å². The predicted octanol–water partition coefficient (Wildman–Crippen LogP) is 2.58. The van der Waals surface area contributed by atoms with Crippen molar-refractivity contribution in [3.05, 3.63) is 33.5 Å². The molecule has 1 saturated carbocycles. The van der Waals surface area contributed by atoms with Gasteiger partial charge in [-0.1, -0.05) is 30.2 Å². The van der Waals surface area contributed by atoms with Crippen LogP contribution in [0, 0.1) is 0 Å². The van der Waals surface area contributed by atoms with Crippen molar-refractivity contribution in [2.24, 2.45) is 5.73 Å². The largest absolute Gasteiger partial charge is 0.414 e.